The summed E-state index contributed by atoms with van der Waals surface area (Å²) in [6.45, 7) is 1.89. The van der Waals surface area contributed by atoms with Gasteiger partial charge in [-0.1, -0.05) is 0 Å². The van der Waals surface area contributed by atoms with Gasteiger partial charge < -0.3 is 10.2 Å². The van der Waals surface area contributed by atoms with E-state index in [1.54, 1.807) is 12.3 Å². The molecular formula is C7H8N2O. The molecule has 3 heteroatoms. The van der Waals surface area contributed by atoms with E-state index in [0.29, 0.717) is 5.76 Å². The smallest absolute Gasteiger partial charge is 0.151 e. The third-order valence-corrected chi connectivity index (χ3v) is 1.20. The minimum Gasteiger partial charge on any atom is -0.466 e. The number of nitrogens with two attached hydrogens (primary N) is 1. The quantitative estimate of drug-likeness (QED) is 0.629. The van der Waals surface area contributed by atoms with E-state index in [4.69, 9.17) is 15.4 Å². The summed E-state index contributed by atoms with van der Waals surface area (Å²) >= 11 is 0. The summed E-state index contributed by atoms with van der Waals surface area (Å²) in [4.78, 5) is 0. The number of aryl methyl sites for hydroxylation is 1. The van der Waals surface area contributed by atoms with Crippen LogP contribution in [-0.2, 0) is 0 Å². The van der Waals surface area contributed by atoms with Gasteiger partial charge in [-0.25, -0.2) is 0 Å². The molecular weight excluding hydrogens is 128 g/mol. The first-order valence-electron chi connectivity index (χ1n) is 2.94. The second kappa shape index (κ2) is 2.54. The van der Waals surface area contributed by atoms with Gasteiger partial charge in [-0.3, -0.25) is 0 Å². The molecule has 0 amide bonds. The van der Waals surface area contributed by atoms with Crippen LogP contribution < -0.4 is 5.73 Å². The van der Waals surface area contributed by atoms with E-state index >= 15 is 0 Å². The van der Waals surface area contributed by atoms with Crippen LogP contribution in [0.1, 0.15) is 17.4 Å². The van der Waals surface area contributed by atoms with Gasteiger partial charge in [-0.05, 0) is 18.6 Å². The van der Waals surface area contributed by atoms with E-state index in [1.807, 2.05) is 13.0 Å². The van der Waals surface area contributed by atoms with Crippen molar-refractivity contribution in [1.82, 2.24) is 0 Å². The van der Waals surface area contributed by atoms with E-state index < -0.39 is 6.04 Å². The molecule has 0 bridgehead atoms. The lowest BCUT2D eigenvalue weighted by Gasteiger charge is -1.92. The van der Waals surface area contributed by atoms with Crippen molar-refractivity contribution in [3.8, 4) is 6.07 Å². The highest BCUT2D eigenvalue weighted by Crippen LogP contribution is 2.12. The number of furan rings is 1. The Morgan fingerprint density at radius 2 is 2.50 bits per heavy atom. The Bertz CT molecular complexity index is 259. The zero-order valence-electron chi connectivity index (χ0n) is 5.66. The molecule has 1 aromatic heterocycles. The molecule has 0 aliphatic heterocycles. The lowest BCUT2D eigenvalue weighted by atomic mass is 10.2. The lowest BCUT2D eigenvalue weighted by Crippen LogP contribution is -2.05. The molecule has 3 nitrogen and oxygen atoms in total. The Hall–Kier alpha value is -1.27. The van der Waals surface area contributed by atoms with Gasteiger partial charge in [-0.15, -0.1) is 0 Å². The van der Waals surface area contributed by atoms with Crippen molar-refractivity contribution in [1.29, 1.82) is 5.26 Å². The van der Waals surface area contributed by atoms with Crippen molar-refractivity contribution in [2.24, 2.45) is 5.73 Å². The minimum absolute atomic E-state index is 0.528. The Morgan fingerprint density at radius 1 is 1.80 bits per heavy atom. The molecule has 1 unspecified atom stereocenters. The predicted octanol–water partition coefficient (Wildman–Crippen LogP) is 1.11. The summed E-state index contributed by atoms with van der Waals surface area (Å²) in [5.41, 5.74) is 6.34. The molecule has 0 saturated carbocycles. The molecule has 1 heterocycles. The molecule has 0 saturated heterocycles. The van der Waals surface area contributed by atoms with Gasteiger partial charge in [0.25, 0.3) is 0 Å². The number of hydrogen-bond donors (Lipinski definition) is 1. The molecule has 1 aromatic rings. The zero-order valence-corrected chi connectivity index (χ0v) is 5.66. The average molecular weight is 136 g/mol. The molecule has 2 N–H and O–H groups in total. The van der Waals surface area contributed by atoms with Crippen LogP contribution in [0.5, 0.6) is 0 Å². The largest absolute Gasteiger partial charge is 0.466 e. The molecule has 52 valence electrons. The Balaban J connectivity index is 2.87. The van der Waals surface area contributed by atoms with Crippen LogP contribution in [0.4, 0.5) is 0 Å². The van der Waals surface area contributed by atoms with Crippen molar-refractivity contribution >= 4 is 0 Å². The lowest BCUT2D eigenvalue weighted by molar-refractivity contribution is 0.496. The molecule has 0 radical (unpaired) electrons. The predicted molar refractivity (Wildman–Crippen MR) is 36.0 cm³/mol. The van der Waals surface area contributed by atoms with Gasteiger partial charge >= 0.3 is 0 Å². The first-order valence-corrected chi connectivity index (χ1v) is 2.94. The first kappa shape index (κ1) is 6.84. The fraction of sp³-hybridized carbons (Fsp3) is 0.286. The summed E-state index contributed by atoms with van der Waals surface area (Å²) in [6, 6.07) is 3.01. The first-order chi connectivity index (χ1) is 4.74. The van der Waals surface area contributed by atoms with Crippen molar-refractivity contribution in [3.05, 3.63) is 23.7 Å². The van der Waals surface area contributed by atoms with Crippen LogP contribution >= 0.6 is 0 Å². The van der Waals surface area contributed by atoms with Gasteiger partial charge in [-0.2, -0.15) is 5.26 Å². The standard InChI is InChI=1S/C7H8N2O/c1-5-2-7(10-4-5)6(9)3-8/h2,4,6H,9H2,1H3. The summed E-state index contributed by atoms with van der Waals surface area (Å²) in [7, 11) is 0. The molecule has 0 spiro atoms. The summed E-state index contributed by atoms with van der Waals surface area (Å²) < 4.78 is 4.97. The molecule has 1 atom stereocenters. The fourth-order valence-electron chi connectivity index (χ4n) is 0.680. The van der Waals surface area contributed by atoms with E-state index in [2.05, 4.69) is 0 Å². The SMILES string of the molecule is Cc1coc(C(N)C#N)c1. The van der Waals surface area contributed by atoms with Crippen molar-refractivity contribution in [2.75, 3.05) is 0 Å². The fourth-order valence-corrected chi connectivity index (χ4v) is 0.680. The van der Waals surface area contributed by atoms with Crippen molar-refractivity contribution in [3.63, 3.8) is 0 Å². The van der Waals surface area contributed by atoms with Crippen LogP contribution in [0.2, 0.25) is 0 Å². The number of rotatable bonds is 1. The number of nitrogens with zero attached hydrogens (tertiary/aromatic N) is 1. The normalized spacial score (nSPS) is 12.5. The summed E-state index contributed by atoms with van der Waals surface area (Å²) in [5.74, 6) is 0.528. The van der Waals surface area contributed by atoms with E-state index in [9.17, 15) is 0 Å². The monoisotopic (exact) mass is 136 g/mol. The van der Waals surface area contributed by atoms with Crippen molar-refractivity contribution < 1.29 is 4.42 Å². The maximum atomic E-state index is 8.36. The van der Waals surface area contributed by atoms with Crippen LogP contribution in [0.3, 0.4) is 0 Å². The molecule has 10 heavy (non-hydrogen) atoms. The molecule has 1 rings (SSSR count). The maximum absolute atomic E-state index is 8.36. The Labute approximate surface area is 59.1 Å². The Kier molecular flexibility index (Phi) is 1.74. The topological polar surface area (TPSA) is 62.9 Å². The molecule has 0 aliphatic carbocycles. The summed E-state index contributed by atoms with van der Waals surface area (Å²) in [6.07, 6.45) is 1.58. The van der Waals surface area contributed by atoms with Gasteiger partial charge in [0.2, 0.25) is 0 Å². The minimum atomic E-state index is -0.631. The van der Waals surface area contributed by atoms with E-state index in [0.717, 1.165) is 5.56 Å². The van der Waals surface area contributed by atoms with Crippen LogP contribution in [0.25, 0.3) is 0 Å². The second-order valence-corrected chi connectivity index (χ2v) is 2.13. The second-order valence-electron chi connectivity index (χ2n) is 2.13. The highest BCUT2D eigenvalue weighted by atomic mass is 16.3. The average Bonchev–Trinajstić information content (AvgIpc) is 2.34. The van der Waals surface area contributed by atoms with E-state index in [1.165, 1.54) is 0 Å². The van der Waals surface area contributed by atoms with Crippen LogP contribution in [-0.4, -0.2) is 0 Å². The third kappa shape index (κ3) is 1.17. The van der Waals surface area contributed by atoms with Gasteiger partial charge in [0.15, 0.2) is 6.04 Å². The highest BCUT2D eigenvalue weighted by Gasteiger charge is 2.06. The van der Waals surface area contributed by atoms with Crippen molar-refractivity contribution in [2.45, 2.75) is 13.0 Å². The van der Waals surface area contributed by atoms with Gasteiger partial charge in [0.1, 0.15) is 5.76 Å². The molecule has 0 aliphatic rings. The third-order valence-electron chi connectivity index (χ3n) is 1.20. The molecule has 0 fully saturated rings. The maximum Gasteiger partial charge on any atom is 0.151 e. The van der Waals surface area contributed by atoms with E-state index in [-0.39, 0.29) is 0 Å². The van der Waals surface area contributed by atoms with Gasteiger partial charge in [0, 0.05) is 0 Å². The highest BCUT2D eigenvalue weighted by molar-refractivity contribution is 5.17. The van der Waals surface area contributed by atoms with Crippen LogP contribution in [0, 0.1) is 18.3 Å². The van der Waals surface area contributed by atoms with Crippen LogP contribution in [0.15, 0.2) is 16.7 Å². The summed E-state index contributed by atoms with van der Waals surface area (Å²) in [5, 5.41) is 8.36. The number of hydrogen-bond acceptors (Lipinski definition) is 3. The van der Waals surface area contributed by atoms with Gasteiger partial charge in [0.05, 0.1) is 12.3 Å². The zero-order chi connectivity index (χ0) is 7.56. The number of nitriles is 1. The Morgan fingerprint density at radius 3 is 2.90 bits per heavy atom. The molecule has 0 aromatic carbocycles.